The Morgan fingerprint density at radius 1 is 1.03 bits per heavy atom. The lowest BCUT2D eigenvalue weighted by molar-refractivity contribution is 0.125. The van der Waals surface area contributed by atoms with Crippen LogP contribution in [0.1, 0.15) is 13.3 Å². The Labute approximate surface area is 203 Å². The fraction of sp³-hybridized carbons (Fsp3) is 0.400. The first kappa shape index (κ1) is 27.0. The van der Waals surface area contributed by atoms with Crippen LogP contribution in [-0.2, 0) is 19.7 Å². The number of hydrogen-bond acceptors (Lipinski definition) is 7. The molecule has 0 fully saturated rings. The summed E-state index contributed by atoms with van der Waals surface area (Å²) in [6, 6.07) is 8.62. The molecule has 2 aromatic carbocycles. The van der Waals surface area contributed by atoms with Gasteiger partial charge >= 0.3 is 0 Å². The summed E-state index contributed by atoms with van der Waals surface area (Å²) in [4.78, 5) is -0.0711. The molecule has 0 saturated carbocycles. The molecule has 1 unspecified atom stereocenters. The number of aliphatic hydroxyl groups is 1. The van der Waals surface area contributed by atoms with Gasteiger partial charge in [0.25, 0.3) is 0 Å². The predicted molar refractivity (Wildman–Crippen MR) is 128 cm³/mol. The van der Waals surface area contributed by atoms with Crippen molar-refractivity contribution in [3.63, 3.8) is 0 Å². The summed E-state index contributed by atoms with van der Waals surface area (Å²) in [6.45, 7) is 1.77. The van der Waals surface area contributed by atoms with E-state index in [2.05, 4.69) is 5.32 Å². The van der Waals surface area contributed by atoms with E-state index in [1.165, 1.54) is 31.2 Å². The lowest BCUT2D eigenvalue weighted by Gasteiger charge is -2.15. The fourth-order valence-corrected chi connectivity index (χ4v) is 5.75. The lowest BCUT2D eigenvalue weighted by atomic mass is 10.3. The number of aliphatic hydroxyl groups excluding tert-OH is 1. The van der Waals surface area contributed by atoms with Gasteiger partial charge in [0.2, 0.25) is 9.84 Å². The standard InChI is InChI=1S/C20H24Cl3NO6S2/c1-2-31(26,27)13-15(25)12-30-20-18(22)10-17(11-19(20)23)32(28,29)16-6-4-14(5-7-16)24-9-3-8-21/h4-7,10-11,15,24-25H,2-3,8-9,12-13H2,1H3. The zero-order chi connectivity index (χ0) is 23.9. The summed E-state index contributed by atoms with van der Waals surface area (Å²) in [5, 5.41) is 12.9. The number of hydrogen-bond donors (Lipinski definition) is 2. The molecule has 0 aromatic heterocycles. The monoisotopic (exact) mass is 543 g/mol. The summed E-state index contributed by atoms with van der Waals surface area (Å²) in [7, 11) is -7.30. The largest absolute Gasteiger partial charge is 0.488 e. The summed E-state index contributed by atoms with van der Waals surface area (Å²) in [5.41, 5.74) is 0.762. The maximum absolute atomic E-state index is 13.0. The van der Waals surface area contributed by atoms with E-state index in [0.717, 1.165) is 12.1 Å². The van der Waals surface area contributed by atoms with E-state index >= 15 is 0 Å². The Balaban J connectivity index is 2.17. The third-order valence-electron chi connectivity index (χ3n) is 4.39. The molecule has 0 amide bonds. The number of rotatable bonds is 12. The van der Waals surface area contributed by atoms with Gasteiger partial charge in [-0.05, 0) is 42.8 Å². The molecule has 1 atom stereocenters. The topological polar surface area (TPSA) is 110 Å². The van der Waals surface area contributed by atoms with Crippen LogP contribution >= 0.6 is 34.8 Å². The molecular formula is C20H24Cl3NO6S2. The van der Waals surface area contributed by atoms with Crippen molar-refractivity contribution in [3.05, 3.63) is 46.4 Å². The highest BCUT2D eigenvalue weighted by Gasteiger charge is 2.23. The van der Waals surface area contributed by atoms with Gasteiger partial charge in [-0.15, -0.1) is 11.6 Å². The van der Waals surface area contributed by atoms with Crippen molar-refractivity contribution in [1.29, 1.82) is 0 Å². The summed E-state index contributed by atoms with van der Waals surface area (Å²) >= 11 is 18.0. The van der Waals surface area contributed by atoms with Gasteiger partial charge in [0.05, 0.1) is 25.6 Å². The van der Waals surface area contributed by atoms with E-state index < -0.39 is 31.5 Å². The van der Waals surface area contributed by atoms with Gasteiger partial charge in [-0.2, -0.15) is 0 Å². The first-order valence-corrected chi connectivity index (χ1v) is 14.2. The maximum atomic E-state index is 13.0. The van der Waals surface area contributed by atoms with E-state index in [-0.39, 0.29) is 37.9 Å². The minimum Gasteiger partial charge on any atom is -0.488 e. The van der Waals surface area contributed by atoms with Crippen LogP contribution in [0.4, 0.5) is 5.69 Å². The van der Waals surface area contributed by atoms with Crippen LogP contribution in [0.3, 0.4) is 0 Å². The van der Waals surface area contributed by atoms with Gasteiger partial charge in [0.1, 0.15) is 12.7 Å². The second-order valence-corrected chi connectivity index (χ2v) is 12.4. The first-order valence-electron chi connectivity index (χ1n) is 9.65. The normalized spacial score (nSPS) is 13.0. The molecule has 0 aliphatic rings. The molecule has 12 heteroatoms. The molecule has 0 aliphatic heterocycles. The molecule has 7 nitrogen and oxygen atoms in total. The smallest absolute Gasteiger partial charge is 0.206 e. The minimum atomic E-state index is -3.90. The first-order chi connectivity index (χ1) is 15.0. The van der Waals surface area contributed by atoms with E-state index in [0.29, 0.717) is 12.4 Å². The van der Waals surface area contributed by atoms with Crippen molar-refractivity contribution in [2.45, 2.75) is 29.2 Å². The van der Waals surface area contributed by atoms with Crippen molar-refractivity contribution >= 4 is 60.2 Å². The molecule has 0 spiro atoms. The number of benzene rings is 2. The summed E-state index contributed by atoms with van der Waals surface area (Å²) in [5.74, 6) is -0.0961. The maximum Gasteiger partial charge on any atom is 0.206 e. The van der Waals surface area contributed by atoms with Crippen LogP contribution in [0, 0.1) is 0 Å². The highest BCUT2D eigenvalue weighted by Crippen LogP contribution is 2.37. The van der Waals surface area contributed by atoms with Gasteiger partial charge in [-0.25, -0.2) is 16.8 Å². The highest BCUT2D eigenvalue weighted by atomic mass is 35.5. The van der Waals surface area contributed by atoms with Gasteiger partial charge in [-0.3, -0.25) is 0 Å². The number of alkyl halides is 1. The second-order valence-electron chi connectivity index (χ2n) is 6.88. The molecule has 178 valence electrons. The third kappa shape index (κ3) is 7.40. The van der Waals surface area contributed by atoms with Crippen molar-refractivity contribution in [3.8, 4) is 5.75 Å². The number of nitrogens with one attached hydrogen (secondary N) is 1. The number of sulfone groups is 2. The van der Waals surface area contributed by atoms with E-state index in [9.17, 15) is 21.9 Å². The second kappa shape index (κ2) is 11.8. The van der Waals surface area contributed by atoms with Gasteiger partial charge in [-0.1, -0.05) is 30.1 Å². The quantitative estimate of drug-likeness (QED) is 0.306. The van der Waals surface area contributed by atoms with Crippen LogP contribution in [-0.4, -0.2) is 58.6 Å². The molecule has 32 heavy (non-hydrogen) atoms. The van der Waals surface area contributed by atoms with Crippen molar-refractivity contribution in [1.82, 2.24) is 0 Å². The molecule has 0 radical (unpaired) electrons. The van der Waals surface area contributed by atoms with Crippen molar-refractivity contribution in [2.75, 3.05) is 35.9 Å². The van der Waals surface area contributed by atoms with E-state index in [1.54, 1.807) is 12.1 Å². The fourth-order valence-electron chi connectivity index (χ4n) is 2.66. The molecule has 2 rings (SSSR count). The van der Waals surface area contributed by atoms with Crippen LogP contribution in [0.2, 0.25) is 10.0 Å². The molecular weight excluding hydrogens is 521 g/mol. The van der Waals surface area contributed by atoms with E-state index in [4.69, 9.17) is 39.5 Å². The number of ether oxygens (including phenoxy) is 1. The van der Waals surface area contributed by atoms with Crippen LogP contribution in [0.5, 0.6) is 5.75 Å². The van der Waals surface area contributed by atoms with E-state index in [1.807, 2.05) is 0 Å². The Morgan fingerprint density at radius 2 is 1.62 bits per heavy atom. The molecule has 2 aromatic rings. The molecule has 0 heterocycles. The Hall–Kier alpha value is -1.23. The lowest BCUT2D eigenvalue weighted by Crippen LogP contribution is -2.28. The van der Waals surface area contributed by atoms with Gasteiger partial charge in [0.15, 0.2) is 15.6 Å². The summed E-state index contributed by atoms with van der Waals surface area (Å²) in [6.07, 6.45) is -0.509. The third-order valence-corrected chi connectivity index (χ3v) is 8.74. The Kier molecular flexibility index (Phi) is 9.93. The van der Waals surface area contributed by atoms with Crippen molar-refractivity contribution < 1.29 is 26.7 Å². The predicted octanol–water partition coefficient (Wildman–Crippen LogP) is 4.04. The zero-order valence-corrected chi connectivity index (χ0v) is 21.1. The molecule has 0 bridgehead atoms. The molecule has 0 aliphatic carbocycles. The highest BCUT2D eigenvalue weighted by molar-refractivity contribution is 7.91. The van der Waals surface area contributed by atoms with Crippen LogP contribution in [0.15, 0.2) is 46.2 Å². The molecule has 2 N–H and O–H groups in total. The van der Waals surface area contributed by atoms with Crippen LogP contribution in [0.25, 0.3) is 0 Å². The number of halogens is 3. The summed E-state index contributed by atoms with van der Waals surface area (Å²) < 4.78 is 54.5. The SMILES string of the molecule is CCS(=O)(=O)CC(O)COc1c(Cl)cc(S(=O)(=O)c2ccc(NCCCCl)cc2)cc1Cl. The average Bonchev–Trinajstić information content (AvgIpc) is 2.73. The minimum absolute atomic E-state index is 0.0425. The van der Waals surface area contributed by atoms with Crippen molar-refractivity contribution in [2.24, 2.45) is 0 Å². The average molecular weight is 545 g/mol. The van der Waals surface area contributed by atoms with Crippen LogP contribution < -0.4 is 10.1 Å². The van der Waals surface area contributed by atoms with Gasteiger partial charge < -0.3 is 15.2 Å². The Morgan fingerprint density at radius 3 is 2.16 bits per heavy atom. The zero-order valence-electron chi connectivity index (χ0n) is 17.2. The molecule has 0 saturated heterocycles. The van der Waals surface area contributed by atoms with Gasteiger partial charge in [0, 0.05) is 23.9 Å². The Bertz CT molecular complexity index is 1100. The number of anilines is 1.